The van der Waals surface area contributed by atoms with Gasteiger partial charge in [0.1, 0.15) is 5.75 Å². The van der Waals surface area contributed by atoms with Crippen LogP contribution < -0.4 is 10.1 Å². The molecular formula is C18H30N2O3. The summed E-state index contributed by atoms with van der Waals surface area (Å²) in [4.78, 5) is 13.7. The molecule has 5 heteroatoms. The van der Waals surface area contributed by atoms with Crippen LogP contribution in [0.15, 0.2) is 24.3 Å². The molecule has 1 N–H and O–H groups in total. The number of hydrogen-bond donors (Lipinski definition) is 1. The maximum atomic E-state index is 12.0. The molecular weight excluding hydrogens is 292 g/mol. The number of ether oxygens (including phenoxy) is 2. The molecule has 0 atom stereocenters. The summed E-state index contributed by atoms with van der Waals surface area (Å²) in [6.45, 7) is 9.51. The first-order valence-electron chi connectivity index (χ1n) is 8.31. The Labute approximate surface area is 140 Å². The van der Waals surface area contributed by atoms with Crippen LogP contribution in [0.2, 0.25) is 0 Å². The monoisotopic (exact) mass is 322 g/mol. The fourth-order valence-corrected chi connectivity index (χ4v) is 2.03. The van der Waals surface area contributed by atoms with Crippen molar-refractivity contribution in [2.45, 2.75) is 33.7 Å². The van der Waals surface area contributed by atoms with E-state index in [1.54, 1.807) is 11.9 Å². The average molecular weight is 322 g/mol. The zero-order valence-corrected chi connectivity index (χ0v) is 14.8. The predicted octanol–water partition coefficient (Wildman–Crippen LogP) is 3.29. The van der Waals surface area contributed by atoms with Crippen LogP contribution in [0.3, 0.4) is 0 Å². The second-order valence-corrected chi connectivity index (χ2v) is 5.99. The van der Waals surface area contributed by atoms with Gasteiger partial charge in [0.05, 0.1) is 6.61 Å². The second-order valence-electron chi connectivity index (χ2n) is 5.99. The average Bonchev–Trinajstić information content (AvgIpc) is 2.52. The number of hydrogen-bond acceptors (Lipinski definition) is 3. The first-order valence-corrected chi connectivity index (χ1v) is 8.31. The molecule has 5 nitrogen and oxygen atoms in total. The highest BCUT2D eigenvalue weighted by Gasteiger charge is 2.08. The van der Waals surface area contributed by atoms with Gasteiger partial charge in [0.2, 0.25) is 0 Å². The number of nitrogens with zero attached hydrogens (tertiary/aromatic N) is 1. The molecule has 1 aromatic rings. The van der Waals surface area contributed by atoms with E-state index in [4.69, 9.17) is 9.47 Å². The van der Waals surface area contributed by atoms with E-state index < -0.39 is 0 Å². The van der Waals surface area contributed by atoms with Crippen LogP contribution in [0.5, 0.6) is 5.75 Å². The zero-order valence-electron chi connectivity index (χ0n) is 14.8. The van der Waals surface area contributed by atoms with E-state index in [9.17, 15) is 4.79 Å². The Morgan fingerprint density at radius 3 is 2.57 bits per heavy atom. The fraction of sp³-hybridized carbons (Fsp3) is 0.611. The fourth-order valence-electron chi connectivity index (χ4n) is 2.03. The zero-order chi connectivity index (χ0) is 17.1. The Balaban J connectivity index is 2.22. The van der Waals surface area contributed by atoms with Gasteiger partial charge in [-0.2, -0.15) is 0 Å². The lowest BCUT2D eigenvalue weighted by atomic mass is 10.2. The predicted molar refractivity (Wildman–Crippen MR) is 92.8 cm³/mol. The van der Waals surface area contributed by atoms with Crippen LogP contribution >= 0.6 is 0 Å². The van der Waals surface area contributed by atoms with Crippen molar-refractivity contribution in [1.82, 2.24) is 10.2 Å². The Kier molecular flexibility index (Phi) is 9.14. The highest BCUT2D eigenvalue weighted by molar-refractivity contribution is 5.73. The molecule has 0 unspecified atom stereocenters. The number of urea groups is 1. The van der Waals surface area contributed by atoms with Gasteiger partial charge in [-0.1, -0.05) is 26.0 Å². The maximum absolute atomic E-state index is 12.0. The minimum Gasteiger partial charge on any atom is -0.494 e. The van der Waals surface area contributed by atoms with Crippen LogP contribution in [-0.2, 0) is 11.3 Å². The third kappa shape index (κ3) is 8.45. The number of carbonyl (C=O) groups is 1. The van der Waals surface area contributed by atoms with Crippen LogP contribution in [-0.4, -0.2) is 44.3 Å². The highest BCUT2D eigenvalue weighted by atomic mass is 16.5. The molecule has 1 aromatic carbocycles. The molecule has 0 saturated carbocycles. The molecule has 23 heavy (non-hydrogen) atoms. The Bertz CT molecular complexity index is 446. The van der Waals surface area contributed by atoms with Crippen LogP contribution in [0.4, 0.5) is 4.79 Å². The Morgan fingerprint density at radius 1 is 1.26 bits per heavy atom. The number of benzene rings is 1. The first kappa shape index (κ1) is 19.3. The third-order valence-electron chi connectivity index (χ3n) is 3.19. The SMILES string of the molecule is CCOc1ccc(CN(C)C(=O)NCCCOCC(C)C)cc1. The molecule has 0 saturated heterocycles. The van der Waals surface area contributed by atoms with Gasteiger partial charge < -0.3 is 19.7 Å². The van der Waals surface area contributed by atoms with E-state index in [2.05, 4.69) is 19.2 Å². The quantitative estimate of drug-likeness (QED) is 0.673. The van der Waals surface area contributed by atoms with Crippen molar-refractivity contribution in [2.75, 3.05) is 33.4 Å². The molecule has 0 spiro atoms. The summed E-state index contributed by atoms with van der Waals surface area (Å²) in [5.74, 6) is 1.40. The minimum atomic E-state index is -0.0669. The van der Waals surface area contributed by atoms with E-state index >= 15 is 0 Å². The second kappa shape index (κ2) is 10.9. The number of carbonyl (C=O) groups excluding carboxylic acids is 1. The van der Waals surface area contributed by atoms with Crippen molar-refractivity contribution in [2.24, 2.45) is 5.92 Å². The van der Waals surface area contributed by atoms with Crippen molar-refractivity contribution >= 4 is 6.03 Å². The van der Waals surface area contributed by atoms with Crippen molar-refractivity contribution in [3.63, 3.8) is 0 Å². The minimum absolute atomic E-state index is 0.0669. The molecule has 0 aromatic heterocycles. The lowest BCUT2D eigenvalue weighted by Gasteiger charge is -2.18. The summed E-state index contributed by atoms with van der Waals surface area (Å²) in [5, 5.41) is 2.90. The number of amides is 2. The molecule has 130 valence electrons. The summed E-state index contributed by atoms with van der Waals surface area (Å²) in [6, 6.07) is 7.75. The van der Waals surface area contributed by atoms with Crippen molar-refractivity contribution < 1.29 is 14.3 Å². The van der Waals surface area contributed by atoms with Gasteiger partial charge in [-0.05, 0) is 37.0 Å². The standard InChI is InChI=1S/C18H30N2O3/c1-5-23-17-9-7-16(8-10-17)13-20(4)18(21)19-11-6-12-22-14-15(2)3/h7-10,15H,5-6,11-14H2,1-4H3,(H,19,21). The summed E-state index contributed by atoms with van der Waals surface area (Å²) in [6.07, 6.45) is 0.829. The van der Waals surface area contributed by atoms with Crippen molar-refractivity contribution in [1.29, 1.82) is 0 Å². The molecule has 0 bridgehead atoms. The molecule has 2 amide bonds. The van der Waals surface area contributed by atoms with Crippen LogP contribution in [0.25, 0.3) is 0 Å². The summed E-state index contributed by atoms with van der Waals surface area (Å²) >= 11 is 0. The van der Waals surface area contributed by atoms with E-state index in [0.29, 0.717) is 32.2 Å². The van der Waals surface area contributed by atoms with E-state index in [1.807, 2.05) is 31.2 Å². The maximum Gasteiger partial charge on any atom is 0.317 e. The van der Waals surface area contributed by atoms with Gasteiger partial charge in [-0.15, -0.1) is 0 Å². The number of rotatable bonds is 10. The smallest absolute Gasteiger partial charge is 0.317 e. The lowest BCUT2D eigenvalue weighted by molar-refractivity contribution is 0.108. The Morgan fingerprint density at radius 2 is 1.96 bits per heavy atom. The molecule has 1 rings (SSSR count). The highest BCUT2D eigenvalue weighted by Crippen LogP contribution is 2.13. The van der Waals surface area contributed by atoms with Crippen LogP contribution in [0.1, 0.15) is 32.8 Å². The van der Waals surface area contributed by atoms with E-state index in [-0.39, 0.29) is 6.03 Å². The molecule has 0 aliphatic rings. The van der Waals surface area contributed by atoms with Gasteiger partial charge in [-0.25, -0.2) is 4.79 Å². The molecule has 0 aliphatic carbocycles. The topological polar surface area (TPSA) is 50.8 Å². The molecule has 0 fully saturated rings. The number of nitrogens with one attached hydrogen (secondary N) is 1. The Hall–Kier alpha value is -1.75. The largest absolute Gasteiger partial charge is 0.494 e. The molecule has 0 aliphatic heterocycles. The third-order valence-corrected chi connectivity index (χ3v) is 3.19. The van der Waals surface area contributed by atoms with Gasteiger partial charge >= 0.3 is 6.03 Å². The van der Waals surface area contributed by atoms with Crippen molar-refractivity contribution in [3.8, 4) is 5.75 Å². The van der Waals surface area contributed by atoms with E-state index in [0.717, 1.165) is 24.3 Å². The summed E-state index contributed by atoms with van der Waals surface area (Å²) < 4.78 is 10.9. The lowest BCUT2D eigenvalue weighted by Crippen LogP contribution is -2.37. The molecule has 0 radical (unpaired) electrons. The normalized spacial score (nSPS) is 10.7. The summed E-state index contributed by atoms with van der Waals surface area (Å²) in [5.41, 5.74) is 1.08. The van der Waals surface area contributed by atoms with Gasteiger partial charge in [-0.3, -0.25) is 0 Å². The summed E-state index contributed by atoms with van der Waals surface area (Å²) in [7, 11) is 1.79. The van der Waals surface area contributed by atoms with Gasteiger partial charge in [0.15, 0.2) is 0 Å². The van der Waals surface area contributed by atoms with E-state index in [1.165, 1.54) is 0 Å². The van der Waals surface area contributed by atoms with Crippen LogP contribution in [0, 0.1) is 5.92 Å². The van der Waals surface area contributed by atoms with Gasteiger partial charge in [0.25, 0.3) is 0 Å². The first-order chi connectivity index (χ1) is 11.0. The van der Waals surface area contributed by atoms with Gasteiger partial charge in [0, 0.05) is 33.4 Å². The van der Waals surface area contributed by atoms with Crippen molar-refractivity contribution in [3.05, 3.63) is 29.8 Å². The molecule has 0 heterocycles.